The van der Waals surface area contributed by atoms with E-state index in [0.29, 0.717) is 17.3 Å². The lowest BCUT2D eigenvalue weighted by Crippen LogP contribution is -2.36. The highest BCUT2D eigenvalue weighted by Gasteiger charge is 2.19. The second-order valence-corrected chi connectivity index (χ2v) is 6.62. The maximum absolute atomic E-state index is 12.4. The third-order valence-electron chi connectivity index (χ3n) is 4.39. The Balaban J connectivity index is 1.64. The lowest BCUT2D eigenvalue weighted by atomic mass is 9.96. The van der Waals surface area contributed by atoms with Crippen LogP contribution in [0.25, 0.3) is 0 Å². The number of carbonyl (C=O) groups is 1. The monoisotopic (exact) mass is 359 g/mol. The Kier molecular flexibility index (Phi) is 5.56. The summed E-state index contributed by atoms with van der Waals surface area (Å²) in [6.07, 6.45) is 2.28. The molecule has 2 N–H and O–H groups in total. The van der Waals surface area contributed by atoms with Crippen molar-refractivity contribution in [3.8, 4) is 5.75 Å². The molecule has 0 fully saturated rings. The maximum Gasteiger partial charge on any atom is 0.261 e. The highest BCUT2D eigenvalue weighted by atomic mass is 35.5. The summed E-state index contributed by atoms with van der Waals surface area (Å²) in [5, 5.41) is 6.89. The Hall–Kier alpha value is -2.11. The van der Waals surface area contributed by atoms with Crippen molar-refractivity contribution in [1.29, 1.82) is 0 Å². The van der Waals surface area contributed by atoms with E-state index in [4.69, 9.17) is 16.3 Å². The Morgan fingerprint density at radius 1 is 1.48 bits per heavy atom. The number of aromatic nitrogens is 1. The van der Waals surface area contributed by atoms with Gasteiger partial charge < -0.3 is 15.4 Å². The van der Waals surface area contributed by atoms with E-state index in [1.54, 1.807) is 31.2 Å². The lowest BCUT2D eigenvalue weighted by Gasteiger charge is -2.22. The Bertz CT molecular complexity index is 779. The molecular formula is C19H22ClN3O2. The number of rotatable bonds is 5. The summed E-state index contributed by atoms with van der Waals surface area (Å²) in [7, 11) is 0. The van der Waals surface area contributed by atoms with Crippen molar-refractivity contribution in [3.63, 3.8) is 0 Å². The molecule has 1 aliphatic rings. The number of benzene rings is 1. The fourth-order valence-corrected chi connectivity index (χ4v) is 3.18. The molecule has 0 spiro atoms. The number of nitrogens with one attached hydrogen (secondary N) is 2. The summed E-state index contributed by atoms with van der Waals surface area (Å²) in [6.45, 7) is 5.95. The molecule has 1 atom stereocenters. The first-order valence-electron chi connectivity index (χ1n) is 8.41. The van der Waals surface area contributed by atoms with E-state index in [2.05, 4.69) is 15.6 Å². The average molecular weight is 360 g/mol. The lowest BCUT2D eigenvalue weighted by molar-refractivity contribution is -0.127. The summed E-state index contributed by atoms with van der Waals surface area (Å²) in [5.41, 5.74) is 4.59. The van der Waals surface area contributed by atoms with Gasteiger partial charge in [0.15, 0.2) is 6.10 Å². The second kappa shape index (κ2) is 7.85. The summed E-state index contributed by atoms with van der Waals surface area (Å²) in [4.78, 5) is 16.8. The molecule has 5 nitrogen and oxygen atoms in total. The van der Waals surface area contributed by atoms with E-state index >= 15 is 0 Å². The van der Waals surface area contributed by atoms with Gasteiger partial charge in [-0.05, 0) is 61.7 Å². The van der Waals surface area contributed by atoms with Gasteiger partial charge >= 0.3 is 0 Å². The molecular weight excluding hydrogens is 338 g/mol. The molecule has 0 saturated heterocycles. The Labute approximate surface area is 152 Å². The first-order valence-corrected chi connectivity index (χ1v) is 8.79. The van der Waals surface area contributed by atoms with Crippen LogP contribution in [-0.4, -0.2) is 23.5 Å². The van der Waals surface area contributed by atoms with Crippen LogP contribution in [0.2, 0.25) is 5.02 Å². The Morgan fingerprint density at radius 2 is 2.32 bits per heavy atom. The van der Waals surface area contributed by atoms with Crippen LogP contribution in [0.3, 0.4) is 0 Å². The van der Waals surface area contributed by atoms with E-state index in [1.165, 1.54) is 11.1 Å². The molecule has 1 amide bonds. The first kappa shape index (κ1) is 17.7. The van der Waals surface area contributed by atoms with Crippen molar-refractivity contribution in [3.05, 3.63) is 57.9 Å². The maximum atomic E-state index is 12.4. The fourth-order valence-electron chi connectivity index (χ4n) is 2.99. The van der Waals surface area contributed by atoms with Crippen molar-refractivity contribution >= 4 is 17.5 Å². The first-order chi connectivity index (χ1) is 12.0. The highest BCUT2D eigenvalue weighted by molar-refractivity contribution is 6.30. The van der Waals surface area contributed by atoms with E-state index in [9.17, 15) is 4.79 Å². The molecule has 0 radical (unpaired) electrons. The van der Waals surface area contributed by atoms with Gasteiger partial charge in [-0.1, -0.05) is 17.7 Å². The standard InChI is InChI=1S/C19H22ClN3O2/c1-12-18(17-6-7-21-9-14(17)10-22-12)11-23-19(24)13(2)25-16-5-3-4-15(20)8-16/h3-5,8,10,13,21H,6-7,9,11H2,1-2H3,(H,23,24). The number of halogens is 1. The molecule has 2 aromatic rings. The second-order valence-electron chi connectivity index (χ2n) is 6.19. The summed E-state index contributed by atoms with van der Waals surface area (Å²) in [6, 6.07) is 7.04. The number of pyridine rings is 1. The average Bonchev–Trinajstić information content (AvgIpc) is 2.60. The topological polar surface area (TPSA) is 63.2 Å². The highest BCUT2D eigenvalue weighted by Crippen LogP contribution is 2.21. The van der Waals surface area contributed by atoms with Crippen molar-refractivity contribution in [2.24, 2.45) is 0 Å². The minimum absolute atomic E-state index is 0.161. The van der Waals surface area contributed by atoms with Crippen LogP contribution in [0.1, 0.15) is 29.3 Å². The van der Waals surface area contributed by atoms with Crippen LogP contribution in [0.4, 0.5) is 0 Å². The van der Waals surface area contributed by atoms with Gasteiger partial charge in [0.05, 0.1) is 0 Å². The smallest absolute Gasteiger partial charge is 0.261 e. The number of aryl methyl sites for hydroxylation is 1. The van der Waals surface area contributed by atoms with E-state index < -0.39 is 6.10 Å². The van der Waals surface area contributed by atoms with Crippen LogP contribution in [0.5, 0.6) is 5.75 Å². The van der Waals surface area contributed by atoms with Gasteiger partial charge in [0.1, 0.15) is 5.75 Å². The molecule has 6 heteroatoms. The summed E-state index contributed by atoms with van der Waals surface area (Å²) >= 11 is 5.94. The zero-order chi connectivity index (χ0) is 17.8. The molecule has 25 heavy (non-hydrogen) atoms. The van der Waals surface area contributed by atoms with E-state index in [-0.39, 0.29) is 5.91 Å². The minimum Gasteiger partial charge on any atom is -0.481 e. The number of hydrogen-bond acceptors (Lipinski definition) is 4. The molecule has 1 aromatic carbocycles. The number of amides is 1. The SMILES string of the molecule is Cc1ncc2c(c1CNC(=O)C(C)Oc1cccc(Cl)c1)CCNC2. The van der Waals surface area contributed by atoms with Gasteiger partial charge in [-0.2, -0.15) is 0 Å². The van der Waals surface area contributed by atoms with E-state index in [1.807, 2.05) is 13.1 Å². The molecule has 132 valence electrons. The Morgan fingerprint density at radius 3 is 3.12 bits per heavy atom. The van der Waals surface area contributed by atoms with Gasteiger partial charge in [-0.15, -0.1) is 0 Å². The third-order valence-corrected chi connectivity index (χ3v) is 4.62. The number of ether oxygens (including phenoxy) is 1. The van der Waals surface area contributed by atoms with E-state index in [0.717, 1.165) is 30.8 Å². The number of carbonyl (C=O) groups excluding carboxylic acids is 1. The molecule has 1 unspecified atom stereocenters. The van der Waals surface area contributed by atoms with Crippen LogP contribution in [-0.2, 0) is 24.3 Å². The molecule has 2 heterocycles. The zero-order valence-electron chi connectivity index (χ0n) is 14.4. The quantitative estimate of drug-likeness (QED) is 0.861. The molecule has 1 aromatic heterocycles. The normalized spacial score (nSPS) is 14.5. The van der Waals surface area contributed by atoms with Crippen molar-refractivity contribution in [2.75, 3.05) is 6.54 Å². The molecule has 0 bridgehead atoms. The number of fused-ring (bicyclic) bond motifs is 1. The van der Waals surface area contributed by atoms with Crippen molar-refractivity contribution in [2.45, 2.75) is 39.5 Å². The summed E-state index contributed by atoms with van der Waals surface area (Å²) in [5.74, 6) is 0.419. The number of nitrogens with zero attached hydrogens (tertiary/aromatic N) is 1. The van der Waals surface area contributed by atoms with Crippen LogP contribution in [0, 0.1) is 6.92 Å². The van der Waals surface area contributed by atoms with Crippen LogP contribution in [0.15, 0.2) is 30.5 Å². The zero-order valence-corrected chi connectivity index (χ0v) is 15.2. The fraction of sp³-hybridized carbons (Fsp3) is 0.368. The van der Waals surface area contributed by atoms with Crippen molar-refractivity contribution in [1.82, 2.24) is 15.6 Å². The van der Waals surface area contributed by atoms with Gasteiger partial charge in [-0.3, -0.25) is 9.78 Å². The summed E-state index contributed by atoms with van der Waals surface area (Å²) < 4.78 is 5.67. The molecule has 0 aliphatic carbocycles. The minimum atomic E-state index is -0.604. The van der Waals surface area contributed by atoms with Gasteiger partial charge in [0, 0.05) is 30.0 Å². The predicted octanol–water partition coefficient (Wildman–Crippen LogP) is 2.77. The van der Waals surface area contributed by atoms with Crippen LogP contribution >= 0.6 is 11.6 Å². The van der Waals surface area contributed by atoms with Gasteiger partial charge in [0.25, 0.3) is 5.91 Å². The number of hydrogen-bond donors (Lipinski definition) is 2. The predicted molar refractivity (Wildman–Crippen MR) is 97.8 cm³/mol. The molecule has 0 saturated carbocycles. The molecule has 3 rings (SSSR count). The van der Waals surface area contributed by atoms with Gasteiger partial charge in [0.2, 0.25) is 0 Å². The van der Waals surface area contributed by atoms with Crippen LogP contribution < -0.4 is 15.4 Å². The van der Waals surface area contributed by atoms with Gasteiger partial charge in [-0.25, -0.2) is 0 Å². The third kappa shape index (κ3) is 4.30. The molecule has 1 aliphatic heterocycles. The largest absolute Gasteiger partial charge is 0.481 e. The van der Waals surface area contributed by atoms with Crippen molar-refractivity contribution < 1.29 is 9.53 Å².